The zero-order chi connectivity index (χ0) is 15.3. The van der Waals surface area contributed by atoms with E-state index in [1.54, 1.807) is 17.8 Å². The van der Waals surface area contributed by atoms with Crippen LogP contribution in [0, 0.1) is 13.8 Å². The van der Waals surface area contributed by atoms with E-state index in [2.05, 4.69) is 46.4 Å². The van der Waals surface area contributed by atoms with Crippen molar-refractivity contribution in [2.24, 2.45) is 0 Å². The molecule has 0 aliphatic rings. The van der Waals surface area contributed by atoms with Gasteiger partial charge in [-0.25, -0.2) is 13.1 Å². The Morgan fingerprint density at radius 3 is 2.71 bits per heavy atom. The molecule has 0 saturated heterocycles. The number of sulfonamides is 1. The Balaban J connectivity index is 1.77. The molecule has 7 heteroatoms. The van der Waals surface area contributed by atoms with Gasteiger partial charge >= 0.3 is 0 Å². The lowest BCUT2D eigenvalue weighted by Crippen LogP contribution is -2.27. The minimum absolute atomic E-state index is 0.155. The molecule has 0 radical (unpaired) electrons. The maximum Gasteiger partial charge on any atom is 0.217 e. The quantitative estimate of drug-likeness (QED) is 0.625. The lowest BCUT2D eigenvalue weighted by atomic mass is 10.1. The third-order valence-corrected chi connectivity index (χ3v) is 5.32. The molecule has 2 rings (SSSR count). The molecule has 0 bridgehead atoms. The first kappa shape index (κ1) is 16.1. The number of thioether (sulfide) groups is 1. The molecule has 21 heavy (non-hydrogen) atoms. The Kier molecular flexibility index (Phi) is 5.44. The summed E-state index contributed by atoms with van der Waals surface area (Å²) in [6, 6.07) is 7.79. The largest absolute Gasteiger partial charge is 0.364 e. The van der Waals surface area contributed by atoms with Gasteiger partial charge in [0.05, 0.1) is 5.69 Å². The zero-order valence-corrected chi connectivity index (χ0v) is 13.6. The molecule has 0 saturated carbocycles. The Morgan fingerprint density at radius 2 is 2.05 bits per heavy atom. The molecular formula is C14H18N2O3S2. The van der Waals surface area contributed by atoms with Gasteiger partial charge < -0.3 is 4.52 Å². The first-order valence-corrected chi connectivity index (χ1v) is 9.17. The van der Waals surface area contributed by atoms with Crippen molar-refractivity contribution in [2.75, 3.05) is 12.3 Å². The fraction of sp³-hybridized carbons (Fsp3) is 0.357. The minimum Gasteiger partial charge on any atom is -0.364 e. The highest BCUT2D eigenvalue weighted by Gasteiger charge is 2.12. The van der Waals surface area contributed by atoms with E-state index in [-0.39, 0.29) is 5.75 Å². The number of nitrogens with zero attached hydrogens (tertiary/aromatic N) is 1. The molecule has 1 heterocycles. The molecule has 114 valence electrons. The summed E-state index contributed by atoms with van der Waals surface area (Å²) in [7, 11) is -3.36. The van der Waals surface area contributed by atoms with Gasteiger partial charge in [-0.3, -0.25) is 0 Å². The molecule has 0 atom stereocenters. The highest BCUT2D eigenvalue weighted by Crippen LogP contribution is 2.20. The van der Waals surface area contributed by atoms with Gasteiger partial charge in [0.25, 0.3) is 0 Å². The maximum atomic E-state index is 11.8. The van der Waals surface area contributed by atoms with Crippen LogP contribution in [0.1, 0.15) is 16.8 Å². The fourth-order valence-corrected chi connectivity index (χ4v) is 3.77. The highest BCUT2D eigenvalue weighted by molar-refractivity contribution is 7.99. The summed E-state index contributed by atoms with van der Waals surface area (Å²) >= 11 is 1.63. The minimum atomic E-state index is -3.36. The van der Waals surface area contributed by atoms with Crippen molar-refractivity contribution < 1.29 is 12.9 Å². The van der Waals surface area contributed by atoms with Crippen molar-refractivity contribution in [3.8, 4) is 0 Å². The van der Waals surface area contributed by atoms with Crippen LogP contribution in [0.25, 0.3) is 0 Å². The lowest BCUT2D eigenvalue weighted by molar-refractivity contribution is 0.413. The van der Waals surface area contributed by atoms with Crippen molar-refractivity contribution in [2.45, 2.75) is 24.5 Å². The molecule has 0 aliphatic carbocycles. The van der Waals surface area contributed by atoms with Crippen molar-refractivity contribution in [3.05, 3.63) is 47.3 Å². The Hall–Kier alpha value is -1.31. The molecule has 1 aromatic heterocycles. The summed E-state index contributed by atoms with van der Waals surface area (Å²) < 4.78 is 30.8. The van der Waals surface area contributed by atoms with Crippen LogP contribution in [0.15, 0.2) is 39.9 Å². The summed E-state index contributed by atoms with van der Waals surface area (Å²) in [6.07, 6.45) is 1.36. The average Bonchev–Trinajstić information content (AvgIpc) is 2.91. The molecule has 5 nitrogen and oxygen atoms in total. The SMILES string of the molecule is Cc1ccc(SCCNS(=O)(=O)Cc2ccon2)cc1C. The second-order valence-electron chi connectivity index (χ2n) is 4.74. The summed E-state index contributed by atoms with van der Waals surface area (Å²) in [5.41, 5.74) is 2.91. The highest BCUT2D eigenvalue weighted by atomic mass is 32.2. The molecular weight excluding hydrogens is 308 g/mol. The van der Waals surface area contributed by atoms with Gasteiger partial charge in [0, 0.05) is 23.3 Å². The van der Waals surface area contributed by atoms with Crippen molar-refractivity contribution in [3.63, 3.8) is 0 Å². The molecule has 0 amide bonds. The van der Waals surface area contributed by atoms with Gasteiger partial charge in [0.2, 0.25) is 10.0 Å². The van der Waals surface area contributed by atoms with E-state index in [4.69, 9.17) is 0 Å². The summed E-state index contributed by atoms with van der Waals surface area (Å²) in [4.78, 5) is 1.15. The van der Waals surface area contributed by atoms with Crippen molar-refractivity contribution >= 4 is 21.8 Å². The third kappa shape index (κ3) is 5.18. The van der Waals surface area contributed by atoms with E-state index in [1.165, 1.54) is 17.4 Å². The van der Waals surface area contributed by atoms with Gasteiger partial charge in [-0.15, -0.1) is 11.8 Å². The number of hydrogen-bond donors (Lipinski definition) is 1. The van der Waals surface area contributed by atoms with Crippen LogP contribution in [-0.2, 0) is 15.8 Å². The van der Waals surface area contributed by atoms with Crippen molar-refractivity contribution in [1.29, 1.82) is 0 Å². The number of nitrogens with one attached hydrogen (secondary N) is 1. The number of aryl methyl sites for hydroxylation is 2. The van der Waals surface area contributed by atoms with Crippen LogP contribution in [0.4, 0.5) is 0 Å². The van der Waals surface area contributed by atoms with Gasteiger partial charge in [-0.2, -0.15) is 0 Å². The molecule has 0 aliphatic heterocycles. The standard InChI is InChI=1S/C14H18N2O3S2/c1-11-3-4-14(9-12(11)2)20-8-6-15-21(17,18)10-13-5-7-19-16-13/h3-5,7,9,15H,6,8,10H2,1-2H3. The number of hydrogen-bond acceptors (Lipinski definition) is 5. The Morgan fingerprint density at radius 1 is 1.24 bits per heavy atom. The van der Waals surface area contributed by atoms with E-state index >= 15 is 0 Å². The normalized spacial score (nSPS) is 11.7. The summed E-state index contributed by atoms with van der Waals surface area (Å²) in [6.45, 7) is 4.53. The molecule has 1 aromatic carbocycles. The van der Waals surface area contributed by atoms with Crippen LogP contribution in [0.5, 0.6) is 0 Å². The molecule has 0 fully saturated rings. The first-order valence-electron chi connectivity index (χ1n) is 6.53. The van der Waals surface area contributed by atoms with E-state index in [9.17, 15) is 8.42 Å². The molecule has 0 unspecified atom stereocenters. The fourth-order valence-electron chi connectivity index (χ4n) is 1.73. The topological polar surface area (TPSA) is 72.2 Å². The van der Waals surface area contributed by atoms with Crippen LogP contribution in [-0.4, -0.2) is 25.9 Å². The third-order valence-electron chi connectivity index (χ3n) is 3.00. The zero-order valence-electron chi connectivity index (χ0n) is 12.0. The predicted octanol–water partition coefficient (Wildman–Crippen LogP) is 2.50. The molecule has 1 N–H and O–H groups in total. The summed E-state index contributed by atoms with van der Waals surface area (Å²) in [5.74, 6) is 0.526. The number of benzene rings is 1. The predicted molar refractivity (Wildman–Crippen MR) is 83.8 cm³/mol. The monoisotopic (exact) mass is 326 g/mol. The molecule has 0 spiro atoms. The smallest absolute Gasteiger partial charge is 0.217 e. The number of aromatic nitrogens is 1. The Bertz CT molecular complexity index is 682. The van der Waals surface area contributed by atoms with E-state index < -0.39 is 10.0 Å². The van der Waals surface area contributed by atoms with Crippen LogP contribution >= 0.6 is 11.8 Å². The van der Waals surface area contributed by atoms with Crippen molar-refractivity contribution in [1.82, 2.24) is 9.88 Å². The van der Waals surface area contributed by atoms with Crippen LogP contribution in [0.3, 0.4) is 0 Å². The van der Waals surface area contributed by atoms with Gasteiger partial charge in [-0.05, 0) is 37.1 Å². The van der Waals surface area contributed by atoms with E-state index in [0.717, 1.165) is 4.90 Å². The van der Waals surface area contributed by atoms with Gasteiger partial charge in [0.15, 0.2) is 0 Å². The van der Waals surface area contributed by atoms with E-state index in [1.807, 2.05) is 0 Å². The van der Waals surface area contributed by atoms with Gasteiger partial charge in [0.1, 0.15) is 12.0 Å². The van der Waals surface area contributed by atoms with Gasteiger partial charge in [-0.1, -0.05) is 11.2 Å². The average molecular weight is 326 g/mol. The van der Waals surface area contributed by atoms with Crippen LogP contribution in [0.2, 0.25) is 0 Å². The maximum absolute atomic E-state index is 11.8. The number of rotatable bonds is 7. The second kappa shape index (κ2) is 7.11. The van der Waals surface area contributed by atoms with E-state index in [0.29, 0.717) is 18.0 Å². The Labute approximate surface area is 129 Å². The summed E-state index contributed by atoms with van der Waals surface area (Å²) in [5, 5.41) is 3.60. The molecule has 2 aromatic rings. The second-order valence-corrected chi connectivity index (χ2v) is 7.71. The lowest BCUT2D eigenvalue weighted by Gasteiger charge is -2.06. The first-order chi connectivity index (χ1) is 9.96. The van der Waals surface area contributed by atoms with Crippen LogP contribution < -0.4 is 4.72 Å².